The Morgan fingerprint density at radius 2 is 2.33 bits per heavy atom. The van der Waals surface area contributed by atoms with Crippen molar-refractivity contribution in [3.8, 4) is 0 Å². The Kier molecular flexibility index (Phi) is 3.60. The van der Waals surface area contributed by atoms with Gasteiger partial charge in [0.15, 0.2) is 12.4 Å². The monoisotopic (exact) mass is 259 g/mol. The summed E-state index contributed by atoms with van der Waals surface area (Å²) >= 11 is 0. The number of nitrogens with zero attached hydrogens (tertiary/aromatic N) is 1. The van der Waals surface area contributed by atoms with E-state index in [9.17, 15) is 14.0 Å². The van der Waals surface area contributed by atoms with Gasteiger partial charge >= 0.3 is 5.69 Å². The van der Waals surface area contributed by atoms with E-state index in [2.05, 4.69) is 5.32 Å². The Morgan fingerprint density at radius 3 is 2.83 bits per heavy atom. The molecule has 1 aliphatic rings. The Labute approximate surface area is 101 Å². The average Bonchev–Trinajstić information content (AvgIpc) is 2.66. The first-order valence-corrected chi connectivity index (χ1v) is 5.47. The van der Waals surface area contributed by atoms with Crippen molar-refractivity contribution in [1.29, 1.82) is 0 Å². The van der Waals surface area contributed by atoms with Crippen molar-refractivity contribution in [2.45, 2.75) is 24.5 Å². The third-order valence-corrected chi connectivity index (χ3v) is 2.97. The van der Waals surface area contributed by atoms with Crippen LogP contribution in [0.3, 0.4) is 0 Å². The second-order valence-electron chi connectivity index (χ2n) is 4.02. The molecule has 4 atom stereocenters. The highest BCUT2D eigenvalue weighted by Gasteiger charge is 2.45. The highest BCUT2D eigenvalue weighted by atomic mass is 19.1. The molecule has 3 N–H and O–H groups in total. The molecule has 0 aromatic carbocycles. The number of aromatic amines is 1. The van der Waals surface area contributed by atoms with Crippen LogP contribution in [0.25, 0.3) is 0 Å². The molecule has 1 aromatic heterocycles. The van der Waals surface area contributed by atoms with Crippen LogP contribution < -0.4 is 16.6 Å². The van der Waals surface area contributed by atoms with Crippen LogP contribution in [0.15, 0.2) is 21.9 Å². The lowest BCUT2D eigenvalue weighted by atomic mass is 10.1. The second-order valence-corrected chi connectivity index (χ2v) is 4.02. The van der Waals surface area contributed by atoms with E-state index in [1.165, 1.54) is 6.20 Å². The predicted molar refractivity (Wildman–Crippen MR) is 60.1 cm³/mol. The number of aromatic nitrogens is 2. The van der Waals surface area contributed by atoms with Crippen molar-refractivity contribution >= 4 is 0 Å². The maximum atomic E-state index is 14.1. The third-order valence-electron chi connectivity index (χ3n) is 2.97. The van der Waals surface area contributed by atoms with Crippen molar-refractivity contribution in [3.63, 3.8) is 0 Å². The Hall–Kier alpha value is -1.51. The number of aliphatic hydroxyl groups is 1. The zero-order valence-corrected chi connectivity index (χ0v) is 9.67. The van der Waals surface area contributed by atoms with E-state index in [0.29, 0.717) is 0 Å². The standard InChI is InChI=1S/C10H14FN3O4/c1-12-8-5(4-15)18-9(7(8)11)14-3-2-6(16)13-10(14)17/h2-3,5,7-9,12,15H,4H2,1H3,(H,13,16,17)/t5-,7+,8+,9?/m1/s1. The highest BCUT2D eigenvalue weighted by Crippen LogP contribution is 2.30. The largest absolute Gasteiger partial charge is 0.394 e. The quantitative estimate of drug-likeness (QED) is 0.604. The molecule has 0 saturated carbocycles. The van der Waals surface area contributed by atoms with Gasteiger partial charge in [0, 0.05) is 12.3 Å². The molecule has 1 saturated heterocycles. The molecule has 0 radical (unpaired) electrons. The van der Waals surface area contributed by atoms with Gasteiger partial charge in [-0.15, -0.1) is 0 Å². The molecule has 1 fully saturated rings. The van der Waals surface area contributed by atoms with E-state index in [0.717, 1.165) is 10.6 Å². The van der Waals surface area contributed by atoms with Crippen LogP contribution >= 0.6 is 0 Å². The fraction of sp³-hybridized carbons (Fsp3) is 0.600. The van der Waals surface area contributed by atoms with Gasteiger partial charge in [0.25, 0.3) is 5.56 Å². The van der Waals surface area contributed by atoms with Crippen molar-refractivity contribution in [1.82, 2.24) is 14.9 Å². The first-order chi connectivity index (χ1) is 8.58. The van der Waals surface area contributed by atoms with Crippen LogP contribution in [0.1, 0.15) is 6.23 Å². The van der Waals surface area contributed by atoms with Gasteiger partial charge in [0.2, 0.25) is 0 Å². The number of hydrogen-bond acceptors (Lipinski definition) is 5. The molecule has 2 rings (SSSR count). The lowest BCUT2D eigenvalue weighted by Crippen LogP contribution is -2.42. The first-order valence-electron chi connectivity index (χ1n) is 5.47. The smallest absolute Gasteiger partial charge is 0.330 e. The number of ether oxygens (including phenoxy) is 1. The minimum Gasteiger partial charge on any atom is -0.394 e. The zero-order valence-electron chi connectivity index (χ0n) is 9.67. The van der Waals surface area contributed by atoms with Gasteiger partial charge in [-0.05, 0) is 7.05 Å². The van der Waals surface area contributed by atoms with Gasteiger partial charge in [-0.3, -0.25) is 14.3 Å². The van der Waals surface area contributed by atoms with Crippen LogP contribution in [0, 0.1) is 0 Å². The molecule has 1 aliphatic heterocycles. The van der Waals surface area contributed by atoms with Crippen molar-refractivity contribution in [2.24, 2.45) is 0 Å². The summed E-state index contributed by atoms with van der Waals surface area (Å²) in [7, 11) is 1.54. The third kappa shape index (κ3) is 2.09. The second kappa shape index (κ2) is 5.01. The molecule has 8 heteroatoms. The van der Waals surface area contributed by atoms with Crippen LogP contribution in [0.2, 0.25) is 0 Å². The summed E-state index contributed by atoms with van der Waals surface area (Å²) in [5, 5.41) is 11.8. The molecular formula is C10H14FN3O4. The number of alkyl halides is 1. The molecule has 100 valence electrons. The van der Waals surface area contributed by atoms with Crippen LogP contribution in [-0.4, -0.2) is 46.6 Å². The van der Waals surface area contributed by atoms with Gasteiger partial charge in [0.1, 0.15) is 6.10 Å². The molecular weight excluding hydrogens is 245 g/mol. The van der Waals surface area contributed by atoms with Crippen LogP contribution in [0.5, 0.6) is 0 Å². The summed E-state index contributed by atoms with van der Waals surface area (Å²) in [5.74, 6) is 0. The maximum absolute atomic E-state index is 14.1. The number of likely N-dealkylation sites (N-methyl/N-ethyl adjacent to an activating group) is 1. The number of H-pyrrole nitrogens is 1. The molecule has 1 aromatic rings. The topological polar surface area (TPSA) is 96.4 Å². The summed E-state index contributed by atoms with van der Waals surface area (Å²) in [6.07, 6.45) is -2.24. The van der Waals surface area contributed by atoms with E-state index in [1.807, 2.05) is 4.98 Å². The van der Waals surface area contributed by atoms with E-state index < -0.39 is 35.8 Å². The highest BCUT2D eigenvalue weighted by molar-refractivity contribution is 4.96. The van der Waals surface area contributed by atoms with Gasteiger partial charge in [-0.25, -0.2) is 9.18 Å². The van der Waals surface area contributed by atoms with Gasteiger partial charge in [0.05, 0.1) is 12.6 Å². The molecule has 1 unspecified atom stereocenters. The summed E-state index contributed by atoms with van der Waals surface area (Å²) in [6.45, 7) is -0.361. The number of nitrogens with one attached hydrogen (secondary N) is 2. The number of aliphatic hydroxyl groups excluding tert-OH is 1. The molecule has 0 aliphatic carbocycles. The summed E-state index contributed by atoms with van der Waals surface area (Å²) in [4.78, 5) is 24.5. The van der Waals surface area contributed by atoms with Crippen LogP contribution in [0.4, 0.5) is 4.39 Å². The van der Waals surface area contributed by atoms with Gasteiger partial charge < -0.3 is 15.2 Å². The lowest BCUT2D eigenvalue weighted by molar-refractivity contribution is -0.0408. The maximum Gasteiger partial charge on any atom is 0.330 e. The number of hydrogen-bond donors (Lipinski definition) is 3. The molecule has 0 bridgehead atoms. The van der Waals surface area contributed by atoms with E-state index >= 15 is 0 Å². The zero-order chi connectivity index (χ0) is 13.3. The minimum absolute atomic E-state index is 0.361. The fourth-order valence-electron chi connectivity index (χ4n) is 2.07. The minimum atomic E-state index is -1.50. The Morgan fingerprint density at radius 1 is 1.61 bits per heavy atom. The van der Waals surface area contributed by atoms with E-state index in [-0.39, 0.29) is 6.61 Å². The molecule has 2 heterocycles. The summed E-state index contributed by atoms with van der Waals surface area (Å²) < 4.78 is 20.4. The van der Waals surface area contributed by atoms with Crippen molar-refractivity contribution < 1.29 is 14.2 Å². The molecule has 0 amide bonds. The van der Waals surface area contributed by atoms with Gasteiger partial charge in [-0.1, -0.05) is 0 Å². The van der Waals surface area contributed by atoms with E-state index in [4.69, 9.17) is 9.84 Å². The fourth-order valence-corrected chi connectivity index (χ4v) is 2.07. The normalized spacial score (nSPS) is 31.7. The number of rotatable bonds is 3. The molecule has 7 nitrogen and oxygen atoms in total. The van der Waals surface area contributed by atoms with E-state index in [1.54, 1.807) is 7.05 Å². The molecule has 18 heavy (non-hydrogen) atoms. The lowest BCUT2D eigenvalue weighted by Gasteiger charge is -2.16. The average molecular weight is 259 g/mol. The Bertz CT molecular complexity index is 528. The van der Waals surface area contributed by atoms with Crippen molar-refractivity contribution in [2.75, 3.05) is 13.7 Å². The van der Waals surface area contributed by atoms with Crippen molar-refractivity contribution in [3.05, 3.63) is 33.1 Å². The predicted octanol–water partition coefficient (Wildman–Crippen LogP) is -1.65. The van der Waals surface area contributed by atoms with Gasteiger partial charge in [-0.2, -0.15) is 0 Å². The van der Waals surface area contributed by atoms with Crippen LogP contribution in [-0.2, 0) is 4.74 Å². The SMILES string of the molecule is CN[C@@H]1[C@H](F)C(n2ccc(=O)[nH]c2=O)O[C@@H]1CO. The summed E-state index contributed by atoms with van der Waals surface area (Å²) in [5.41, 5.74) is -1.31. The Balaban J connectivity index is 2.34. The number of halogens is 1. The first kappa shape index (κ1) is 12.9. The summed E-state index contributed by atoms with van der Waals surface area (Å²) in [6, 6.07) is 0.400. The molecule has 0 spiro atoms.